The Morgan fingerprint density at radius 1 is 1.26 bits per heavy atom. The van der Waals surface area contributed by atoms with Gasteiger partial charge in [-0.2, -0.15) is 0 Å². The van der Waals surface area contributed by atoms with Gasteiger partial charge in [0.2, 0.25) is 0 Å². The Balaban J connectivity index is 1.80. The lowest BCUT2D eigenvalue weighted by atomic mass is 10.1. The molecule has 0 saturated carbocycles. The maximum absolute atomic E-state index is 12.0. The summed E-state index contributed by atoms with van der Waals surface area (Å²) in [6.07, 6.45) is 1.92. The first-order valence-electron chi connectivity index (χ1n) is 7.89. The minimum absolute atomic E-state index is 0.104. The van der Waals surface area contributed by atoms with Crippen LogP contribution in [0.1, 0.15) is 47.2 Å². The molecule has 1 aliphatic rings. The second-order valence-corrected chi connectivity index (χ2v) is 8.25. The fraction of sp³-hybridized carbons (Fsp3) is 0.529. The van der Waals surface area contributed by atoms with E-state index in [0.29, 0.717) is 10.1 Å². The molecule has 1 aliphatic heterocycles. The fourth-order valence-corrected chi connectivity index (χ4v) is 5.22. The van der Waals surface area contributed by atoms with Crippen molar-refractivity contribution in [3.63, 3.8) is 0 Å². The number of carbonyl (C=O) groups excluding carboxylic acids is 2. The molecule has 0 bridgehead atoms. The molecule has 1 atom stereocenters. The number of esters is 1. The van der Waals surface area contributed by atoms with Gasteiger partial charge in [-0.15, -0.1) is 23.5 Å². The summed E-state index contributed by atoms with van der Waals surface area (Å²) in [6.45, 7) is 3.78. The van der Waals surface area contributed by atoms with Gasteiger partial charge in [-0.05, 0) is 31.0 Å². The molecule has 0 radical (unpaired) electrons. The van der Waals surface area contributed by atoms with Crippen molar-refractivity contribution in [2.45, 2.75) is 37.3 Å². The SMILES string of the molecule is CCC[C@@H](C)NC(=O)COC(=O)c1ccc(C2SCCS2)cc1. The van der Waals surface area contributed by atoms with Crippen LogP contribution < -0.4 is 5.32 Å². The molecule has 0 spiro atoms. The third kappa shape index (κ3) is 5.77. The molecule has 4 nitrogen and oxygen atoms in total. The van der Waals surface area contributed by atoms with Crippen molar-refractivity contribution in [2.24, 2.45) is 0 Å². The lowest BCUT2D eigenvalue weighted by molar-refractivity contribution is -0.124. The molecule has 0 aromatic heterocycles. The summed E-state index contributed by atoms with van der Waals surface area (Å²) >= 11 is 3.85. The van der Waals surface area contributed by atoms with Gasteiger partial charge in [-0.1, -0.05) is 25.5 Å². The van der Waals surface area contributed by atoms with Crippen molar-refractivity contribution in [2.75, 3.05) is 18.1 Å². The highest BCUT2D eigenvalue weighted by molar-refractivity contribution is 8.19. The summed E-state index contributed by atoms with van der Waals surface area (Å²) in [5.74, 6) is 1.63. The molecule has 1 fully saturated rings. The number of hydrogen-bond acceptors (Lipinski definition) is 5. The van der Waals surface area contributed by atoms with Crippen LogP contribution in [0.4, 0.5) is 0 Å². The van der Waals surface area contributed by atoms with Crippen LogP contribution in [-0.4, -0.2) is 36.0 Å². The molecule has 1 saturated heterocycles. The number of benzene rings is 1. The second-order valence-electron chi connectivity index (χ2n) is 5.53. The minimum atomic E-state index is -0.457. The summed E-state index contributed by atoms with van der Waals surface area (Å²) in [6, 6.07) is 7.59. The van der Waals surface area contributed by atoms with E-state index in [1.54, 1.807) is 12.1 Å². The van der Waals surface area contributed by atoms with Gasteiger partial charge >= 0.3 is 5.97 Å². The normalized spacial score (nSPS) is 16.1. The average Bonchev–Trinajstić information content (AvgIpc) is 3.07. The van der Waals surface area contributed by atoms with Gasteiger partial charge in [0.15, 0.2) is 6.61 Å². The molecule has 1 heterocycles. The first kappa shape index (κ1) is 18.2. The van der Waals surface area contributed by atoms with E-state index in [4.69, 9.17) is 4.74 Å². The summed E-state index contributed by atoms with van der Waals surface area (Å²) < 4.78 is 5.54. The highest BCUT2D eigenvalue weighted by Gasteiger charge is 2.19. The molecule has 0 aliphatic carbocycles. The van der Waals surface area contributed by atoms with Crippen LogP contribution in [0.2, 0.25) is 0 Å². The van der Waals surface area contributed by atoms with Crippen LogP contribution in [0.5, 0.6) is 0 Å². The van der Waals surface area contributed by atoms with Gasteiger partial charge in [0.25, 0.3) is 5.91 Å². The van der Waals surface area contributed by atoms with Gasteiger partial charge in [0.05, 0.1) is 10.1 Å². The summed E-state index contributed by atoms with van der Waals surface area (Å²) in [5, 5.41) is 2.81. The highest BCUT2D eigenvalue weighted by Crippen LogP contribution is 2.45. The van der Waals surface area contributed by atoms with E-state index in [9.17, 15) is 9.59 Å². The van der Waals surface area contributed by atoms with E-state index < -0.39 is 5.97 Å². The topological polar surface area (TPSA) is 55.4 Å². The molecular formula is C17H23NO3S2. The Morgan fingerprint density at radius 2 is 1.91 bits per heavy atom. The molecular weight excluding hydrogens is 330 g/mol. The number of amides is 1. The number of carbonyl (C=O) groups is 2. The Bertz CT molecular complexity index is 527. The van der Waals surface area contributed by atoms with Crippen molar-refractivity contribution in [1.82, 2.24) is 5.32 Å². The summed E-state index contributed by atoms with van der Waals surface area (Å²) in [7, 11) is 0. The Morgan fingerprint density at radius 3 is 2.52 bits per heavy atom. The Labute approximate surface area is 146 Å². The Hall–Kier alpha value is -1.14. The molecule has 1 amide bonds. The third-order valence-electron chi connectivity index (χ3n) is 3.50. The van der Waals surface area contributed by atoms with E-state index in [1.807, 2.05) is 42.6 Å². The molecule has 6 heteroatoms. The largest absolute Gasteiger partial charge is 0.452 e. The quantitative estimate of drug-likeness (QED) is 0.759. The zero-order valence-corrected chi connectivity index (χ0v) is 15.2. The molecule has 0 unspecified atom stereocenters. The molecule has 2 rings (SSSR count). The molecule has 1 aromatic rings. The number of nitrogens with one attached hydrogen (secondary N) is 1. The fourth-order valence-electron chi connectivity index (χ4n) is 2.36. The predicted molar refractivity (Wildman–Crippen MR) is 96.9 cm³/mol. The number of hydrogen-bond donors (Lipinski definition) is 1. The Kier molecular flexibility index (Phi) is 7.30. The van der Waals surface area contributed by atoms with E-state index in [1.165, 1.54) is 17.1 Å². The monoisotopic (exact) mass is 353 g/mol. The zero-order valence-electron chi connectivity index (χ0n) is 13.5. The molecule has 1 aromatic carbocycles. The lowest BCUT2D eigenvalue weighted by Gasteiger charge is -2.13. The molecule has 1 N–H and O–H groups in total. The van der Waals surface area contributed by atoms with Crippen LogP contribution in [0.25, 0.3) is 0 Å². The van der Waals surface area contributed by atoms with Gasteiger partial charge < -0.3 is 10.1 Å². The van der Waals surface area contributed by atoms with Crippen LogP contribution >= 0.6 is 23.5 Å². The van der Waals surface area contributed by atoms with Crippen LogP contribution in [0, 0.1) is 0 Å². The van der Waals surface area contributed by atoms with Gasteiger partial charge in [-0.3, -0.25) is 4.79 Å². The molecule has 126 valence electrons. The van der Waals surface area contributed by atoms with Crippen LogP contribution in [0.15, 0.2) is 24.3 Å². The van der Waals surface area contributed by atoms with Crippen molar-refractivity contribution in [3.05, 3.63) is 35.4 Å². The average molecular weight is 354 g/mol. The lowest BCUT2D eigenvalue weighted by Crippen LogP contribution is -2.35. The first-order chi connectivity index (χ1) is 11.1. The maximum Gasteiger partial charge on any atom is 0.338 e. The van der Waals surface area contributed by atoms with E-state index >= 15 is 0 Å². The van der Waals surface area contributed by atoms with Crippen molar-refractivity contribution in [1.29, 1.82) is 0 Å². The van der Waals surface area contributed by atoms with E-state index in [0.717, 1.165) is 12.8 Å². The maximum atomic E-state index is 12.0. The van der Waals surface area contributed by atoms with Gasteiger partial charge in [0.1, 0.15) is 0 Å². The summed E-state index contributed by atoms with van der Waals surface area (Å²) in [4.78, 5) is 23.7. The first-order valence-corrected chi connectivity index (χ1v) is 9.99. The van der Waals surface area contributed by atoms with E-state index in [-0.39, 0.29) is 18.6 Å². The number of rotatable bonds is 7. The highest BCUT2D eigenvalue weighted by atomic mass is 32.2. The van der Waals surface area contributed by atoms with Gasteiger partial charge in [0, 0.05) is 17.5 Å². The minimum Gasteiger partial charge on any atom is -0.452 e. The van der Waals surface area contributed by atoms with Gasteiger partial charge in [-0.25, -0.2) is 4.79 Å². The number of ether oxygens (including phenoxy) is 1. The standard InChI is InChI=1S/C17H23NO3S2/c1-3-4-12(2)18-15(19)11-21-16(20)13-5-7-14(8-6-13)17-22-9-10-23-17/h5-8,12,17H,3-4,9-11H2,1-2H3,(H,18,19)/t12-/m1/s1. The smallest absolute Gasteiger partial charge is 0.338 e. The predicted octanol–water partition coefficient (Wildman–Crippen LogP) is 3.63. The van der Waals surface area contributed by atoms with E-state index in [2.05, 4.69) is 12.2 Å². The third-order valence-corrected chi connectivity index (χ3v) is 6.61. The van der Waals surface area contributed by atoms with Crippen molar-refractivity contribution >= 4 is 35.4 Å². The van der Waals surface area contributed by atoms with Crippen molar-refractivity contribution < 1.29 is 14.3 Å². The van der Waals surface area contributed by atoms with Crippen molar-refractivity contribution in [3.8, 4) is 0 Å². The number of thioether (sulfide) groups is 2. The second kappa shape index (κ2) is 9.23. The van der Waals surface area contributed by atoms with Crippen LogP contribution in [-0.2, 0) is 9.53 Å². The zero-order chi connectivity index (χ0) is 16.7. The van der Waals surface area contributed by atoms with Crippen LogP contribution in [0.3, 0.4) is 0 Å². The summed E-state index contributed by atoms with van der Waals surface area (Å²) in [5.41, 5.74) is 1.70. The molecule has 23 heavy (non-hydrogen) atoms.